The van der Waals surface area contributed by atoms with Crippen molar-refractivity contribution in [1.29, 1.82) is 0 Å². The molecule has 0 aliphatic carbocycles. The van der Waals surface area contributed by atoms with Gasteiger partial charge in [-0.2, -0.15) is 11.8 Å². The van der Waals surface area contributed by atoms with Crippen LogP contribution in [-0.4, -0.2) is 41.1 Å². The molecular weight excluding hydrogens is 314 g/mol. The average molecular weight is 333 g/mol. The van der Waals surface area contributed by atoms with Gasteiger partial charge in [-0.3, -0.25) is 4.79 Å². The second-order valence-corrected chi connectivity index (χ2v) is 6.13. The Kier molecular flexibility index (Phi) is 5.07. The first-order valence-electron chi connectivity index (χ1n) is 7.47. The van der Waals surface area contributed by atoms with Crippen LogP contribution >= 0.6 is 11.8 Å². The zero-order valence-corrected chi connectivity index (χ0v) is 13.7. The summed E-state index contributed by atoms with van der Waals surface area (Å²) >= 11 is 1.73. The molecule has 1 aromatic heterocycles. The zero-order chi connectivity index (χ0) is 16.1. The normalized spacial score (nSPS) is 15.4. The molecule has 23 heavy (non-hydrogen) atoms. The first-order valence-corrected chi connectivity index (χ1v) is 8.86. The minimum absolute atomic E-state index is 0.200. The Bertz CT molecular complexity index is 680. The van der Waals surface area contributed by atoms with Crippen LogP contribution in [0, 0.1) is 0 Å². The van der Waals surface area contributed by atoms with Gasteiger partial charge >= 0.3 is 0 Å². The number of carbonyl (C=O) groups is 1. The van der Waals surface area contributed by atoms with Gasteiger partial charge in [0.05, 0.1) is 17.1 Å². The Morgan fingerprint density at radius 2 is 2.30 bits per heavy atom. The van der Waals surface area contributed by atoms with Crippen LogP contribution in [0.3, 0.4) is 0 Å². The molecule has 1 aliphatic rings. The third-order valence-electron chi connectivity index (χ3n) is 3.53. The Morgan fingerprint density at radius 3 is 3.04 bits per heavy atom. The average Bonchev–Trinajstić information content (AvgIpc) is 3.03. The van der Waals surface area contributed by atoms with Crippen molar-refractivity contribution in [2.24, 2.45) is 0 Å². The predicted molar refractivity (Wildman–Crippen MR) is 90.0 cm³/mol. The molecule has 2 heterocycles. The van der Waals surface area contributed by atoms with Crippen LogP contribution in [0.5, 0.6) is 0 Å². The smallest absolute Gasteiger partial charge is 0.290 e. The quantitative estimate of drug-likeness (QED) is 0.849. The molecule has 0 spiro atoms. The largest absolute Gasteiger partial charge is 0.494 e. The van der Waals surface area contributed by atoms with E-state index in [1.165, 1.54) is 6.26 Å². The minimum atomic E-state index is -0.281. The van der Waals surface area contributed by atoms with Crippen LogP contribution in [0.1, 0.15) is 18.3 Å². The SMILES string of the molecule is CSCC[C@H](NC(=O)C1=COCCO1)c1nc2ccccc2[nH]1. The molecule has 2 aromatic rings. The van der Waals surface area contributed by atoms with Crippen molar-refractivity contribution in [1.82, 2.24) is 15.3 Å². The van der Waals surface area contributed by atoms with Gasteiger partial charge < -0.3 is 19.8 Å². The number of amides is 1. The summed E-state index contributed by atoms with van der Waals surface area (Å²) in [6.45, 7) is 0.857. The fraction of sp³-hybridized carbons (Fsp3) is 0.375. The van der Waals surface area contributed by atoms with Crippen molar-refractivity contribution in [3.63, 3.8) is 0 Å². The van der Waals surface area contributed by atoms with E-state index in [1.54, 1.807) is 11.8 Å². The predicted octanol–water partition coefficient (Wildman–Crippen LogP) is 2.36. The monoisotopic (exact) mass is 333 g/mol. The van der Waals surface area contributed by atoms with Gasteiger partial charge in [-0.05, 0) is 30.6 Å². The van der Waals surface area contributed by atoms with E-state index < -0.39 is 0 Å². The van der Waals surface area contributed by atoms with Crippen LogP contribution in [0.25, 0.3) is 11.0 Å². The van der Waals surface area contributed by atoms with Crippen molar-refractivity contribution in [3.05, 3.63) is 42.1 Å². The van der Waals surface area contributed by atoms with Crippen LogP contribution in [-0.2, 0) is 14.3 Å². The zero-order valence-electron chi connectivity index (χ0n) is 12.9. The minimum Gasteiger partial charge on any atom is -0.494 e. The molecule has 0 fully saturated rings. The molecule has 2 N–H and O–H groups in total. The highest BCUT2D eigenvalue weighted by atomic mass is 32.2. The molecule has 0 radical (unpaired) electrons. The van der Waals surface area contributed by atoms with E-state index in [4.69, 9.17) is 9.47 Å². The number of aromatic nitrogens is 2. The van der Waals surface area contributed by atoms with Crippen molar-refractivity contribution >= 4 is 28.7 Å². The number of fused-ring (bicyclic) bond motifs is 1. The molecule has 7 heteroatoms. The Labute approximate surface area is 138 Å². The number of imidazole rings is 1. The second-order valence-electron chi connectivity index (χ2n) is 5.15. The maximum Gasteiger partial charge on any atom is 0.290 e. The molecule has 0 bridgehead atoms. The maximum absolute atomic E-state index is 12.3. The topological polar surface area (TPSA) is 76.2 Å². The fourth-order valence-corrected chi connectivity index (χ4v) is 2.84. The van der Waals surface area contributed by atoms with Gasteiger partial charge in [-0.25, -0.2) is 4.98 Å². The standard InChI is InChI=1S/C16H19N3O3S/c1-23-9-6-13(19-16(20)14-10-21-7-8-22-14)15-17-11-4-2-3-5-12(11)18-15/h2-5,10,13H,6-9H2,1H3,(H,17,18)(H,19,20)/t13-/m0/s1. The molecule has 0 unspecified atom stereocenters. The molecule has 122 valence electrons. The number of carbonyl (C=O) groups excluding carboxylic acids is 1. The van der Waals surface area contributed by atoms with E-state index in [1.807, 2.05) is 30.5 Å². The van der Waals surface area contributed by atoms with E-state index in [9.17, 15) is 4.79 Å². The summed E-state index contributed by atoms with van der Waals surface area (Å²) in [5, 5.41) is 2.98. The number of aromatic amines is 1. The van der Waals surface area contributed by atoms with Gasteiger partial charge in [0.2, 0.25) is 5.76 Å². The summed E-state index contributed by atoms with van der Waals surface area (Å²) in [6.07, 6.45) is 4.18. The molecule has 3 rings (SSSR count). The van der Waals surface area contributed by atoms with Crippen LogP contribution in [0.4, 0.5) is 0 Å². The van der Waals surface area contributed by atoms with Crippen molar-refractivity contribution in [3.8, 4) is 0 Å². The highest BCUT2D eigenvalue weighted by molar-refractivity contribution is 7.98. The molecule has 6 nitrogen and oxygen atoms in total. The number of thioether (sulfide) groups is 1. The molecule has 1 aromatic carbocycles. The number of para-hydroxylation sites is 2. The van der Waals surface area contributed by atoms with E-state index >= 15 is 0 Å². The Morgan fingerprint density at radius 1 is 1.43 bits per heavy atom. The molecule has 1 amide bonds. The molecular formula is C16H19N3O3S. The first kappa shape index (κ1) is 15.7. The third kappa shape index (κ3) is 3.79. The van der Waals surface area contributed by atoms with Gasteiger partial charge in [-0.15, -0.1) is 0 Å². The lowest BCUT2D eigenvalue weighted by Gasteiger charge is -2.19. The summed E-state index contributed by atoms with van der Waals surface area (Å²) in [5.41, 5.74) is 1.85. The summed E-state index contributed by atoms with van der Waals surface area (Å²) in [4.78, 5) is 20.2. The number of benzene rings is 1. The third-order valence-corrected chi connectivity index (χ3v) is 4.17. The molecule has 1 atom stereocenters. The second kappa shape index (κ2) is 7.41. The summed E-state index contributed by atoms with van der Waals surface area (Å²) in [5.74, 6) is 1.60. The lowest BCUT2D eigenvalue weighted by atomic mass is 10.2. The Balaban J connectivity index is 1.79. The van der Waals surface area contributed by atoms with Gasteiger partial charge in [-0.1, -0.05) is 12.1 Å². The number of H-pyrrole nitrogens is 1. The molecule has 0 saturated carbocycles. The number of rotatable bonds is 6. The first-order chi connectivity index (χ1) is 11.3. The van der Waals surface area contributed by atoms with Gasteiger partial charge in [0.25, 0.3) is 5.91 Å². The van der Waals surface area contributed by atoms with Gasteiger partial charge in [0, 0.05) is 0 Å². The van der Waals surface area contributed by atoms with Gasteiger partial charge in [0.15, 0.2) is 0 Å². The van der Waals surface area contributed by atoms with Crippen molar-refractivity contribution < 1.29 is 14.3 Å². The summed E-state index contributed by atoms with van der Waals surface area (Å²) < 4.78 is 10.5. The van der Waals surface area contributed by atoms with Gasteiger partial charge in [0.1, 0.15) is 25.3 Å². The molecule has 0 saturated heterocycles. The fourth-order valence-electron chi connectivity index (χ4n) is 2.37. The number of hydrogen-bond acceptors (Lipinski definition) is 5. The van der Waals surface area contributed by atoms with E-state index in [0.29, 0.717) is 13.2 Å². The van der Waals surface area contributed by atoms with E-state index in [2.05, 4.69) is 15.3 Å². The number of hydrogen-bond donors (Lipinski definition) is 2. The van der Waals surface area contributed by atoms with E-state index in [0.717, 1.165) is 29.0 Å². The maximum atomic E-state index is 12.3. The molecule has 1 aliphatic heterocycles. The van der Waals surface area contributed by atoms with Crippen molar-refractivity contribution in [2.75, 3.05) is 25.2 Å². The van der Waals surface area contributed by atoms with Crippen LogP contribution in [0.2, 0.25) is 0 Å². The van der Waals surface area contributed by atoms with Crippen LogP contribution in [0.15, 0.2) is 36.3 Å². The number of nitrogens with one attached hydrogen (secondary N) is 2. The Hall–Kier alpha value is -2.15. The van der Waals surface area contributed by atoms with Crippen molar-refractivity contribution in [2.45, 2.75) is 12.5 Å². The lowest BCUT2D eigenvalue weighted by Crippen LogP contribution is -2.33. The summed E-state index contributed by atoms with van der Waals surface area (Å²) in [6, 6.07) is 7.62. The lowest BCUT2D eigenvalue weighted by molar-refractivity contribution is -0.123. The van der Waals surface area contributed by atoms with Crippen LogP contribution < -0.4 is 5.32 Å². The summed E-state index contributed by atoms with van der Waals surface area (Å²) in [7, 11) is 0. The number of nitrogens with zero attached hydrogens (tertiary/aromatic N) is 1. The highest BCUT2D eigenvalue weighted by Crippen LogP contribution is 2.20. The highest BCUT2D eigenvalue weighted by Gasteiger charge is 2.22. The number of ether oxygens (including phenoxy) is 2. The van der Waals surface area contributed by atoms with E-state index in [-0.39, 0.29) is 17.7 Å².